The molecule has 0 unspecified atom stereocenters. The zero-order chi connectivity index (χ0) is 13.2. The second-order valence-electron chi connectivity index (χ2n) is 5.22. The number of hydrogen-bond donors (Lipinski definition) is 1. The average molecular weight is 325 g/mol. The monoisotopic (exact) mass is 324 g/mol. The van der Waals surface area contributed by atoms with Crippen molar-refractivity contribution in [3.8, 4) is 5.75 Å². The van der Waals surface area contributed by atoms with Gasteiger partial charge in [0.25, 0.3) is 5.91 Å². The Morgan fingerprint density at radius 3 is 2.53 bits per heavy atom. The number of benzene rings is 1. The summed E-state index contributed by atoms with van der Waals surface area (Å²) < 4.78 is 6.54. The fourth-order valence-corrected chi connectivity index (χ4v) is 3.09. The summed E-state index contributed by atoms with van der Waals surface area (Å²) in [6.07, 6.45) is 0. The van der Waals surface area contributed by atoms with E-state index in [2.05, 4.69) is 21.2 Å². The lowest BCUT2D eigenvalue weighted by Gasteiger charge is -2.17. The minimum absolute atomic E-state index is 0.0947. The Labute approximate surface area is 121 Å². The smallest absolute Gasteiger partial charge is 0.260 e. The Kier molecular flexibility index (Phi) is 3.75. The number of carbonyl (C=O) groups excluding carboxylic acids is 1. The number of ether oxygens (including phenoxy) is 1. The van der Waals surface area contributed by atoms with Gasteiger partial charge in [-0.3, -0.25) is 4.79 Å². The maximum absolute atomic E-state index is 12.1. The SMILES string of the molecule is O=C(COc1ccc(Br)cc1)N1C[C@H]2CNC[C@H]2C1. The standard InChI is InChI=1S/C14H17BrN2O2/c15-12-1-3-13(4-2-12)19-9-14(18)17-7-10-5-16-6-11(10)8-17/h1-4,10-11,16H,5-9H2/t10-,11+. The van der Waals surface area contributed by atoms with Crippen LogP contribution in [0, 0.1) is 11.8 Å². The maximum Gasteiger partial charge on any atom is 0.260 e. The molecule has 19 heavy (non-hydrogen) atoms. The molecule has 0 aromatic heterocycles. The van der Waals surface area contributed by atoms with Crippen LogP contribution in [0.3, 0.4) is 0 Å². The molecule has 2 aliphatic rings. The molecule has 1 N–H and O–H groups in total. The van der Waals surface area contributed by atoms with Gasteiger partial charge in [-0.15, -0.1) is 0 Å². The predicted molar refractivity (Wildman–Crippen MR) is 76.1 cm³/mol. The predicted octanol–water partition coefficient (Wildman–Crippen LogP) is 1.51. The third-order valence-corrected chi connectivity index (χ3v) is 4.45. The molecule has 2 aliphatic heterocycles. The molecule has 2 saturated heterocycles. The van der Waals surface area contributed by atoms with Gasteiger partial charge in [-0.25, -0.2) is 0 Å². The lowest BCUT2D eigenvalue weighted by Crippen LogP contribution is -2.35. The Morgan fingerprint density at radius 1 is 1.26 bits per heavy atom. The number of fused-ring (bicyclic) bond motifs is 1. The van der Waals surface area contributed by atoms with Gasteiger partial charge in [0, 0.05) is 30.7 Å². The molecule has 2 atom stereocenters. The second kappa shape index (κ2) is 5.51. The van der Waals surface area contributed by atoms with Crippen molar-refractivity contribution in [3.05, 3.63) is 28.7 Å². The van der Waals surface area contributed by atoms with Crippen molar-refractivity contribution in [2.24, 2.45) is 11.8 Å². The first-order chi connectivity index (χ1) is 9.22. The van der Waals surface area contributed by atoms with Crippen LogP contribution in [0.1, 0.15) is 0 Å². The van der Waals surface area contributed by atoms with E-state index in [9.17, 15) is 4.79 Å². The van der Waals surface area contributed by atoms with Crippen molar-refractivity contribution in [3.63, 3.8) is 0 Å². The molecule has 0 aliphatic carbocycles. The molecule has 0 saturated carbocycles. The summed E-state index contributed by atoms with van der Waals surface area (Å²) in [5.41, 5.74) is 0. The van der Waals surface area contributed by atoms with Gasteiger partial charge in [0.05, 0.1) is 0 Å². The van der Waals surface area contributed by atoms with E-state index in [0.717, 1.165) is 36.4 Å². The highest BCUT2D eigenvalue weighted by molar-refractivity contribution is 9.10. The van der Waals surface area contributed by atoms with Crippen molar-refractivity contribution >= 4 is 21.8 Å². The van der Waals surface area contributed by atoms with Crippen LogP contribution in [-0.4, -0.2) is 43.6 Å². The molecule has 0 spiro atoms. The molecule has 3 rings (SSSR count). The van der Waals surface area contributed by atoms with Crippen LogP contribution < -0.4 is 10.1 Å². The van der Waals surface area contributed by atoms with Gasteiger partial charge in [-0.05, 0) is 36.1 Å². The van der Waals surface area contributed by atoms with Crippen molar-refractivity contribution in [1.82, 2.24) is 10.2 Å². The lowest BCUT2D eigenvalue weighted by molar-refractivity contribution is -0.132. The van der Waals surface area contributed by atoms with E-state index >= 15 is 0 Å². The normalized spacial score (nSPS) is 25.4. The number of nitrogens with zero attached hydrogens (tertiary/aromatic N) is 1. The largest absolute Gasteiger partial charge is 0.484 e. The molecule has 1 amide bonds. The summed E-state index contributed by atoms with van der Waals surface area (Å²) >= 11 is 3.37. The summed E-state index contributed by atoms with van der Waals surface area (Å²) in [6, 6.07) is 7.54. The molecule has 5 heteroatoms. The molecule has 4 nitrogen and oxygen atoms in total. The first kappa shape index (κ1) is 12.9. The van der Waals surface area contributed by atoms with Crippen molar-refractivity contribution in [1.29, 1.82) is 0 Å². The fraction of sp³-hybridized carbons (Fsp3) is 0.500. The van der Waals surface area contributed by atoms with E-state index in [1.54, 1.807) is 0 Å². The van der Waals surface area contributed by atoms with Gasteiger partial charge in [-0.1, -0.05) is 15.9 Å². The lowest BCUT2D eigenvalue weighted by atomic mass is 10.0. The van der Waals surface area contributed by atoms with Crippen LogP contribution in [0.2, 0.25) is 0 Å². The van der Waals surface area contributed by atoms with Crippen molar-refractivity contribution in [2.45, 2.75) is 0 Å². The molecular weight excluding hydrogens is 308 g/mol. The Hall–Kier alpha value is -1.07. The van der Waals surface area contributed by atoms with Crippen molar-refractivity contribution in [2.75, 3.05) is 32.8 Å². The summed E-state index contributed by atoms with van der Waals surface area (Å²) in [7, 11) is 0. The van der Waals surface area contributed by atoms with E-state index in [1.807, 2.05) is 29.2 Å². The maximum atomic E-state index is 12.1. The Balaban J connectivity index is 1.50. The highest BCUT2D eigenvalue weighted by Crippen LogP contribution is 2.26. The number of rotatable bonds is 3. The molecule has 0 radical (unpaired) electrons. The average Bonchev–Trinajstić information content (AvgIpc) is 2.98. The van der Waals surface area contributed by atoms with Crippen LogP contribution in [0.5, 0.6) is 5.75 Å². The van der Waals surface area contributed by atoms with Gasteiger partial charge in [0.1, 0.15) is 5.75 Å². The van der Waals surface area contributed by atoms with E-state index in [0.29, 0.717) is 11.8 Å². The summed E-state index contributed by atoms with van der Waals surface area (Å²) in [5.74, 6) is 2.10. The van der Waals surface area contributed by atoms with E-state index in [1.165, 1.54) is 0 Å². The topological polar surface area (TPSA) is 41.6 Å². The van der Waals surface area contributed by atoms with E-state index < -0.39 is 0 Å². The quantitative estimate of drug-likeness (QED) is 0.916. The fourth-order valence-electron chi connectivity index (χ4n) is 2.83. The number of halogens is 1. The van der Waals surface area contributed by atoms with Crippen molar-refractivity contribution < 1.29 is 9.53 Å². The molecule has 1 aromatic rings. The highest BCUT2D eigenvalue weighted by Gasteiger charge is 2.37. The minimum atomic E-state index is 0.0947. The Bertz CT molecular complexity index is 451. The van der Waals surface area contributed by atoms with Crippen LogP contribution in [0.15, 0.2) is 28.7 Å². The first-order valence-corrected chi connectivity index (χ1v) is 7.38. The number of amides is 1. The zero-order valence-corrected chi connectivity index (χ0v) is 12.2. The molecule has 102 valence electrons. The second-order valence-corrected chi connectivity index (χ2v) is 6.14. The van der Waals surface area contributed by atoms with Gasteiger partial charge in [0.2, 0.25) is 0 Å². The van der Waals surface area contributed by atoms with Crippen LogP contribution in [-0.2, 0) is 4.79 Å². The van der Waals surface area contributed by atoms with Crippen LogP contribution in [0.4, 0.5) is 0 Å². The van der Waals surface area contributed by atoms with Crippen LogP contribution >= 0.6 is 15.9 Å². The summed E-state index contributed by atoms with van der Waals surface area (Å²) in [5, 5.41) is 3.37. The summed E-state index contributed by atoms with van der Waals surface area (Å²) in [6.45, 7) is 3.97. The Morgan fingerprint density at radius 2 is 1.89 bits per heavy atom. The zero-order valence-electron chi connectivity index (χ0n) is 10.6. The molecule has 0 bridgehead atoms. The summed E-state index contributed by atoms with van der Waals surface area (Å²) in [4.78, 5) is 14.0. The number of carbonyl (C=O) groups is 1. The number of hydrogen-bond acceptors (Lipinski definition) is 3. The third kappa shape index (κ3) is 2.92. The number of likely N-dealkylation sites (tertiary alicyclic amines) is 1. The third-order valence-electron chi connectivity index (χ3n) is 3.92. The first-order valence-electron chi connectivity index (χ1n) is 6.59. The minimum Gasteiger partial charge on any atom is -0.484 e. The van der Waals surface area contributed by atoms with E-state index in [4.69, 9.17) is 4.74 Å². The highest BCUT2D eigenvalue weighted by atomic mass is 79.9. The van der Waals surface area contributed by atoms with Gasteiger partial charge < -0.3 is 15.0 Å². The molecular formula is C14H17BrN2O2. The van der Waals surface area contributed by atoms with Gasteiger partial charge in [-0.2, -0.15) is 0 Å². The molecule has 2 heterocycles. The van der Waals surface area contributed by atoms with Gasteiger partial charge in [0.15, 0.2) is 6.61 Å². The number of nitrogens with one attached hydrogen (secondary N) is 1. The molecule has 1 aromatic carbocycles. The van der Waals surface area contributed by atoms with Crippen LogP contribution in [0.25, 0.3) is 0 Å². The van der Waals surface area contributed by atoms with Gasteiger partial charge >= 0.3 is 0 Å². The van der Waals surface area contributed by atoms with E-state index in [-0.39, 0.29) is 12.5 Å². The molecule has 2 fully saturated rings.